The highest BCUT2D eigenvalue weighted by Crippen LogP contribution is 2.33. The van der Waals surface area contributed by atoms with Crippen molar-refractivity contribution in [3.8, 4) is 17.2 Å². The summed E-state index contributed by atoms with van der Waals surface area (Å²) in [6.45, 7) is 1.89. The SMILES string of the molecule is CC1Oc2ccccc2OC1C(=O)NNC(=O)c1ccc(COc2ccccc2)o1. The van der Waals surface area contributed by atoms with E-state index in [0.717, 1.165) is 0 Å². The van der Waals surface area contributed by atoms with E-state index in [0.29, 0.717) is 23.0 Å². The number of fused-ring (bicyclic) bond motifs is 1. The standard InChI is InChI=1S/C22H20N2O6/c1-14-20(30-18-10-6-5-9-17(18)28-14)22(26)24-23-21(25)19-12-11-16(29-19)13-27-15-7-3-2-4-8-15/h2-12,14,20H,13H2,1H3,(H,23,25)(H,24,26). The fourth-order valence-corrected chi connectivity index (χ4v) is 2.91. The molecular weight excluding hydrogens is 388 g/mol. The van der Waals surface area contributed by atoms with Crippen LogP contribution in [0.25, 0.3) is 0 Å². The summed E-state index contributed by atoms with van der Waals surface area (Å²) in [7, 11) is 0. The molecule has 2 aromatic carbocycles. The zero-order chi connectivity index (χ0) is 20.9. The Hall–Kier alpha value is -3.94. The third kappa shape index (κ3) is 4.38. The number of furan rings is 1. The van der Waals surface area contributed by atoms with Gasteiger partial charge < -0.3 is 18.6 Å². The Kier molecular flexibility index (Phi) is 5.56. The number of nitrogens with one attached hydrogen (secondary N) is 2. The molecule has 0 bridgehead atoms. The van der Waals surface area contributed by atoms with Crippen molar-refractivity contribution in [1.82, 2.24) is 10.9 Å². The van der Waals surface area contributed by atoms with Crippen LogP contribution in [0, 0.1) is 0 Å². The molecule has 3 aromatic rings. The molecule has 30 heavy (non-hydrogen) atoms. The van der Waals surface area contributed by atoms with E-state index in [2.05, 4.69) is 10.9 Å². The average molecular weight is 408 g/mol. The van der Waals surface area contributed by atoms with Crippen LogP contribution >= 0.6 is 0 Å². The van der Waals surface area contributed by atoms with Gasteiger partial charge in [-0.25, -0.2) is 0 Å². The number of hydrogen-bond acceptors (Lipinski definition) is 6. The zero-order valence-corrected chi connectivity index (χ0v) is 16.2. The van der Waals surface area contributed by atoms with E-state index in [1.54, 1.807) is 31.2 Å². The van der Waals surface area contributed by atoms with Gasteiger partial charge in [-0.3, -0.25) is 20.4 Å². The molecule has 8 nitrogen and oxygen atoms in total. The first-order valence-electron chi connectivity index (χ1n) is 9.39. The zero-order valence-electron chi connectivity index (χ0n) is 16.2. The molecule has 2 amide bonds. The molecule has 4 rings (SSSR count). The van der Waals surface area contributed by atoms with Crippen LogP contribution in [0.2, 0.25) is 0 Å². The van der Waals surface area contributed by atoms with Crippen molar-refractivity contribution in [2.24, 2.45) is 0 Å². The average Bonchev–Trinajstić information content (AvgIpc) is 3.25. The molecule has 0 aliphatic carbocycles. The Balaban J connectivity index is 1.29. The second kappa shape index (κ2) is 8.60. The molecule has 1 aliphatic heterocycles. The predicted octanol–water partition coefficient (Wildman–Crippen LogP) is 2.85. The number of amides is 2. The first-order chi connectivity index (χ1) is 14.6. The van der Waals surface area contributed by atoms with Gasteiger partial charge >= 0.3 is 5.91 Å². The summed E-state index contributed by atoms with van der Waals surface area (Å²) in [5, 5.41) is 0. The van der Waals surface area contributed by atoms with Gasteiger partial charge in [0, 0.05) is 0 Å². The van der Waals surface area contributed by atoms with Gasteiger partial charge in [0.2, 0.25) is 6.10 Å². The Morgan fingerprint density at radius 2 is 1.60 bits per heavy atom. The summed E-state index contributed by atoms with van der Waals surface area (Å²) in [4.78, 5) is 24.7. The lowest BCUT2D eigenvalue weighted by atomic mass is 10.1. The first-order valence-corrected chi connectivity index (χ1v) is 9.39. The maximum atomic E-state index is 12.4. The Bertz CT molecular complexity index is 1030. The minimum atomic E-state index is -0.911. The van der Waals surface area contributed by atoms with Crippen LogP contribution < -0.4 is 25.1 Å². The summed E-state index contributed by atoms with van der Waals surface area (Å²) >= 11 is 0. The Morgan fingerprint density at radius 3 is 2.37 bits per heavy atom. The van der Waals surface area contributed by atoms with Gasteiger partial charge in [0.25, 0.3) is 5.91 Å². The lowest BCUT2D eigenvalue weighted by Gasteiger charge is -2.30. The molecule has 0 saturated carbocycles. The molecule has 0 saturated heterocycles. The number of hydrazine groups is 1. The Morgan fingerprint density at radius 1 is 0.900 bits per heavy atom. The monoisotopic (exact) mass is 408 g/mol. The minimum Gasteiger partial charge on any atom is -0.486 e. The molecule has 0 radical (unpaired) electrons. The molecular formula is C22H20N2O6. The molecule has 0 spiro atoms. The minimum absolute atomic E-state index is 0.0427. The molecule has 1 aromatic heterocycles. The largest absolute Gasteiger partial charge is 0.486 e. The molecule has 154 valence electrons. The number of benzene rings is 2. The molecule has 2 heterocycles. The van der Waals surface area contributed by atoms with Crippen molar-refractivity contribution in [3.63, 3.8) is 0 Å². The summed E-state index contributed by atoms with van der Waals surface area (Å²) in [5.41, 5.74) is 4.66. The van der Waals surface area contributed by atoms with Gasteiger partial charge in [0.05, 0.1) is 0 Å². The highest BCUT2D eigenvalue weighted by atomic mass is 16.6. The summed E-state index contributed by atoms with van der Waals surface area (Å²) < 4.78 is 22.4. The highest BCUT2D eigenvalue weighted by Gasteiger charge is 2.34. The van der Waals surface area contributed by atoms with E-state index in [9.17, 15) is 9.59 Å². The summed E-state index contributed by atoms with van der Waals surface area (Å²) in [6, 6.07) is 19.5. The van der Waals surface area contributed by atoms with Crippen molar-refractivity contribution in [1.29, 1.82) is 0 Å². The fraction of sp³-hybridized carbons (Fsp3) is 0.182. The van der Waals surface area contributed by atoms with Crippen LogP contribution in [0.1, 0.15) is 23.2 Å². The van der Waals surface area contributed by atoms with E-state index in [-0.39, 0.29) is 12.4 Å². The predicted molar refractivity (Wildman–Crippen MR) is 106 cm³/mol. The third-order valence-corrected chi connectivity index (χ3v) is 4.41. The molecule has 2 N–H and O–H groups in total. The molecule has 0 fully saturated rings. The summed E-state index contributed by atoms with van der Waals surface area (Å²) in [6.07, 6.45) is -1.44. The van der Waals surface area contributed by atoms with Gasteiger partial charge in [-0.05, 0) is 43.3 Å². The van der Waals surface area contributed by atoms with Crippen LogP contribution in [-0.4, -0.2) is 24.0 Å². The van der Waals surface area contributed by atoms with Crippen LogP contribution in [0.3, 0.4) is 0 Å². The topological polar surface area (TPSA) is 99.0 Å². The van der Waals surface area contributed by atoms with E-state index in [1.165, 1.54) is 6.07 Å². The molecule has 8 heteroatoms. The van der Waals surface area contributed by atoms with Gasteiger partial charge in [0.1, 0.15) is 24.2 Å². The first kappa shape index (κ1) is 19.4. The number of ether oxygens (including phenoxy) is 3. The number of hydrogen-bond donors (Lipinski definition) is 2. The van der Waals surface area contributed by atoms with Crippen LogP contribution in [0.15, 0.2) is 71.1 Å². The number of rotatable bonds is 5. The number of carbonyl (C=O) groups is 2. The lowest BCUT2D eigenvalue weighted by molar-refractivity contribution is -0.134. The lowest BCUT2D eigenvalue weighted by Crippen LogP contribution is -2.53. The van der Waals surface area contributed by atoms with Crippen molar-refractivity contribution in [2.75, 3.05) is 0 Å². The fourth-order valence-electron chi connectivity index (χ4n) is 2.91. The van der Waals surface area contributed by atoms with Crippen molar-refractivity contribution in [2.45, 2.75) is 25.7 Å². The Labute approximate surface area is 172 Å². The molecule has 1 aliphatic rings. The van der Waals surface area contributed by atoms with E-state index in [1.807, 2.05) is 36.4 Å². The second-order valence-corrected chi connectivity index (χ2v) is 6.62. The smallest absolute Gasteiger partial charge is 0.305 e. The van der Waals surface area contributed by atoms with E-state index in [4.69, 9.17) is 18.6 Å². The maximum absolute atomic E-state index is 12.4. The van der Waals surface area contributed by atoms with E-state index >= 15 is 0 Å². The molecule has 2 atom stereocenters. The second-order valence-electron chi connectivity index (χ2n) is 6.62. The van der Waals surface area contributed by atoms with Crippen LogP contribution in [-0.2, 0) is 11.4 Å². The summed E-state index contributed by atoms with van der Waals surface area (Å²) in [5.74, 6) is 1.11. The van der Waals surface area contributed by atoms with Gasteiger partial charge in [-0.2, -0.15) is 0 Å². The van der Waals surface area contributed by atoms with E-state index < -0.39 is 24.0 Å². The quantitative estimate of drug-likeness (QED) is 0.630. The van der Waals surface area contributed by atoms with Crippen molar-refractivity contribution < 1.29 is 28.2 Å². The number of carbonyl (C=O) groups excluding carboxylic acids is 2. The van der Waals surface area contributed by atoms with Crippen LogP contribution in [0.4, 0.5) is 0 Å². The van der Waals surface area contributed by atoms with Gasteiger partial charge in [0.15, 0.2) is 17.3 Å². The normalized spacial score (nSPS) is 17.1. The van der Waals surface area contributed by atoms with Crippen LogP contribution in [0.5, 0.6) is 17.2 Å². The third-order valence-electron chi connectivity index (χ3n) is 4.41. The molecule has 2 unspecified atom stereocenters. The van der Waals surface area contributed by atoms with Gasteiger partial charge in [-0.15, -0.1) is 0 Å². The van der Waals surface area contributed by atoms with Gasteiger partial charge in [-0.1, -0.05) is 30.3 Å². The highest BCUT2D eigenvalue weighted by molar-refractivity contribution is 5.93. The van der Waals surface area contributed by atoms with Crippen molar-refractivity contribution in [3.05, 3.63) is 78.3 Å². The number of para-hydroxylation sites is 3. The maximum Gasteiger partial charge on any atom is 0.305 e. The van der Waals surface area contributed by atoms with Crippen molar-refractivity contribution >= 4 is 11.8 Å².